The van der Waals surface area contributed by atoms with E-state index in [1.165, 1.54) is 93.8 Å². The molecule has 0 radical (unpaired) electrons. The normalized spacial score (nSPS) is 11.6. The fourth-order valence-corrected chi connectivity index (χ4v) is 8.80. The Morgan fingerprint density at radius 3 is 1.12 bits per heavy atom. The molecule has 0 saturated carbocycles. The second-order valence-electron chi connectivity index (χ2n) is 14.5. The second-order valence-corrected chi connectivity index (χ2v) is 14.5. The molecule has 0 aliphatic heterocycles. The summed E-state index contributed by atoms with van der Waals surface area (Å²) in [5.41, 5.74) is 16.9. The molecule has 9 aromatic carbocycles. The van der Waals surface area contributed by atoms with E-state index in [-0.39, 0.29) is 0 Å². The number of benzene rings is 9. The third kappa shape index (κ3) is 5.19. The molecule has 0 aliphatic rings. The molecule has 11 aromatic rings. The molecule has 56 heavy (non-hydrogen) atoms. The van der Waals surface area contributed by atoms with Crippen molar-refractivity contribution in [2.24, 2.45) is 0 Å². The number of hydrogen-bond donors (Lipinski definition) is 0. The monoisotopic (exact) mass is 712 g/mol. The Morgan fingerprint density at radius 2 is 0.625 bits per heavy atom. The van der Waals surface area contributed by atoms with Crippen LogP contribution in [0.25, 0.3) is 99.5 Å². The zero-order valence-corrected chi connectivity index (χ0v) is 30.7. The molecule has 0 N–H and O–H groups in total. The lowest BCUT2D eigenvalue weighted by molar-refractivity contribution is 1.18. The van der Waals surface area contributed by atoms with Crippen molar-refractivity contribution in [3.8, 4) is 55.9 Å². The summed E-state index contributed by atoms with van der Waals surface area (Å²) in [4.78, 5) is 0. The molecule has 0 atom stereocenters. The third-order valence-corrected chi connectivity index (χ3v) is 11.3. The van der Waals surface area contributed by atoms with E-state index in [9.17, 15) is 0 Å². The van der Waals surface area contributed by atoms with Gasteiger partial charge in [-0.25, -0.2) is 0 Å². The van der Waals surface area contributed by atoms with Crippen LogP contribution in [0.5, 0.6) is 0 Å². The summed E-state index contributed by atoms with van der Waals surface area (Å²) in [6, 6.07) is 79.3. The lowest BCUT2D eigenvalue weighted by Crippen LogP contribution is -1.95. The van der Waals surface area contributed by atoms with Crippen LogP contribution in [-0.4, -0.2) is 9.13 Å². The Kier molecular flexibility index (Phi) is 7.53. The first kappa shape index (κ1) is 32.0. The van der Waals surface area contributed by atoms with Crippen molar-refractivity contribution in [3.05, 3.63) is 218 Å². The molecule has 11 rings (SSSR count). The van der Waals surface area contributed by atoms with E-state index in [1.807, 2.05) is 0 Å². The molecular weight excluding hydrogens is 677 g/mol. The smallest absolute Gasteiger partial charge is 0.0541 e. The standard InChI is InChI=1S/C54H36N2/c1-4-15-37(16-5-1)44-23-14-24-45(38-17-6-2-7-18-38)54(44)39-27-31-43(32-28-39)56-51-26-13-11-22-47(51)49-36-41(30-34-53(49)56)40-29-33-52-48(35-40)46-21-10-12-25-50(46)55(52)42-19-8-3-9-20-42/h1-36H. The highest BCUT2D eigenvalue weighted by molar-refractivity contribution is 6.12. The molecule has 2 nitrogen and oxygen atoms in total. The summed E-state index contributed by atoms with van der Waals surface area (Å²) in [7, 11) is 0. The lowest BCUT2D eigenvalue weighted by atomic mass is 9.87. The number of fused-ring (bicyclic) bond motifs is 6. The quantitative estimate of drug-likeness (QED) is 0.162. The van der Waals surface area contributed by atoms with Gasteiger partial charge in [-0.2, -0.15) is 0 Å². The van der Waals surface area contributed by atoms with E-state index < -0.39 is 0 Å². The molecule has 2 aromatic heterocycles. The van der Waals surface area contributed by atoms with Gasteiger partial charge in [0.1, 0.15) is 0 Å². The van der Waals surface area contributed by atoms with Crippen molar-refractivity contribution < 1.29 is 0 Å². The van der Waals surface area contributed by atoms with Gasteiger partial charge in [0.15, 0.2) is 0 Å². The highest BCUT2D eigenvalue weighted by Gasteiger charge is 2.18. The van der Waals surface area contributed by atoms with Crippen LogP contribution in [0.4, 0.5) is 0 Å². The van der Waals surface area contributed by atoms with Crippen molar-refractivity contribution >= 4 is 43.6 Å². The molecule has 262 valence electrons. The Morgan fingerprint density at radius 1 is 0.232 bits per heavy atom. The summed E-state index contributed by atoms with van der Waals surface area (Å²) in [5.74, 6) is 0. The topological polar surface area (TPSA) is 9.86 Å². The van der Waals surface area contributed by atoms with Gasteiger partial charge in [-0.3, -0.25) is 0 Å². The minimum Gasteiger partial charge on any atom is -0.309 e. The SMILES string of the molecule is c1ccc(-c2cccc(-c3ccccc3)c2-c2ccc(-n3c4ccccc4c4cc(-c5ccc6c(c5)c5ccccc5n6-c5ccccc5)ccc43)cc2)cc1. The molecule has 0 amide bonds. The molecule has 0 spiro atoms. The summed E-state index contributed by atoms with van der Waals surface area (Å²) < 4.78 is 4.79. The maximum Gasteiger partial charge on any atom is 0.0541 e. The zero-order chi connectivity index (χ0) is 37.0. The van der Waals surface area contributed by atoms with Crippen molar-refractivity contribution in [1.82, 2.24) is 9.13 Å². The average Bonchev–Trinajstić information content (AvgIpc) is 3.79. The first-order valence-electron chi connectivity index (χ1n) is 19.3. The highest BCUT2D eigenvalue weighted by Crippen LogP contribution is 2.42. The fourth-order valence-electron chi connectivity index (χ4n) is 8.80. The van der Waals surface area contributed by atoms with Gasteiger partial charge in [-0.1, -0.05) is 158 Å². The molecular formula is C54H36N2. The minimum atomic E-state index is 1.14. The third-order valence-electron chi connectivity index (χ3n) is 11.3. The number of hydrogen-bond acceptors (Lipinski definition) is 0. The molecule has 0 bridgehead atoms. The van der Waals surface area contributed by atoms with Gasteiger partial charge < -0.3 is 9.13 Å². The number of para-hydroxylation sites is 3. The van der Waals surface area contributed by atoms with Gasteiger partial charge in [-0.15, -0.1) is 0 Å². The van der Waals surface area contributed by atoms with Crippen LogP contribution >= 0.6 is 0 Å². The minimum absolute atomic E-state index is 1.14. The van der Waals surface area contributed by atoms with Crippen molar-refractivity contribution in [2.75, 3.05) is 0 Å². The van der Waals surface area contributed by atoms with Crippen LogP contribution in [-0.2, 0) is 0 Å². The number of rotatable bonds is 6. The van der Waals surface area contributed by atoms with Crippen LogP contribution in [0.15, 0.2) is 218 Å². The summed E-state index contributed by atoms with van der Waals surface area (Å²) >= 11 is 0. The Hall–Kier alpha value is -7.42. The van der Waals surface area contributed by atoms with Gasteiger partial charge in [0.2, 0.25) is 0 Å². The molecule has 0 saturated heterocycles. The zero-order valence-electron chi connectivity index (χ0n) is 30.7. The van der Waals surface area contributed by atoms with Crippen molar-refractivity contribution in [1.29, 1.82) is 0 Å². The van der Waals surface area contributed by atoms with E-state index in [2.05, 4.69) is 228 Å². The summed E-state index contributed by atoms with van der Waals surface area (Å²) in [6.07, 6.45) is 0. The molecule has 2 heterocycles. The van der Waals surface area contributed by atoms with Crippen molar-refractivity contribution in [3.63, 3.8) is 0 Å². The van der Waals surface area contributed by atoms with Gasteiger partial charge >= 0.3 is 0 Å². The van der Waals surface area contributed by atoms with E-state index >= 15 is 0 Å². The van der Waals surface area contributed by atoms with Crippen LogP contribution in [0.1, 0.15) is 0 Å². The van der Waals surface area contributed by atoms with Crippen molar-refractivity contribution in [2.45, 2.75) is 0 Å². The first-order chi connectivity index (χ1) is 27.8. The maximum atomic E-state index is 2.41. The predicted octanol–water partition coefficient (Wildman–Crippen LogP) is 14.5. The summed E-state index contributed by atoms with van der Waals surface area (Å²) in [5, 5.41) is 5.01. The van der Waals surface area contributed by atoms with Gasteiger partial charge in [-0.05, 0) is 105 Å². The number of nitrogens with zero attached hydrogens (tertiary/aromatic N) is 2. The van der Waals surface area contributed by atoms with Crippen LogP contribution in [0.3, 0.4) is 0 Å². The van der Waals surface area contributed by atoms with Gasteiger partial charge in [0, 0.05) is 32.9 Å². The Balaban J connectivity index is 1.04. The molecule has 0 unspecified atom stereocenters. The van der Waals surface area contributed by atoms with Gasteiger partial charge in [0.25, 0.3) is 0 Å². The Labute approximate surface area is 325 Å². The second kappa shape index (κ2) is 13.2. The molecule has 0 aliphatic carbocycles. The maximum absolute atomic E-state index is 2.41. The first-order valence-corrected chi connectivity index (χ1v) is 19.3. The number of aromatic nitrogens is 2. The molecule has 0 fully saturated rings. The average molecular weight is 713 g/mol. The predicted molar refractivity (Wildman–Crippen MR) is 237 cm³/mol. The van der Waals surface area contributed by atoms with Crippen LogP contribution in [0.2, 0.25) is 0 Å². The highest BCUT2D eigenvalue weighted by atomic mass is 15.0. The van der Waals surface area contributed by atoms with Gasteiger partial charge in [0.05, 0.1) is 22.1 Å². The largest absolute Gasteiger partial charge is 0.309 e. The van der Waals surface area contributed by atoms with E-state index in [1.54, 1.807) is 0 Å². The summed E-state index contributed by atoms with van der Waals surface area (Å²) in [6.45, 7) is 0. The van der Waals surface area contributed by atoms with Crippen LogP contribution in [0, 0.1) is 0 Å². The lowest BCUT2D eigenvalue weighted by Gasteiger charge is -2.17. The van der Waals surface area contributed by atoms with Crippen LogP contribution < -0.4 is 0 Å². The van der Waals surface area contributed by atoms with E-state index in [4.69, 9.17) is 0 Å². The Bertz CT molecular complexity index is 3150. The van der Waals surface area contributed by atoms with E-state index in [0.29, 0.717) is 0 Å². The molecule has 2 heteroatoms. The van der Waals surface area contributed by atoms with E-state index in [0.717, 1.165) is 5.69 Å². The fraction of sp³-hybridized carbons (Fsp3) is 0.